The van der Waals surface area contributed by atoms with Gasteiger partial charge in [0.15, 0.2) is 0 Å². The molecule has 1 heterocycles. The number of sulfonamides is 1. The van der Waals surface area contributed by atoms with Crippen LogP contribution in [0.2, 0.25) is 0 Å². The molecule has 0 radical (unpaired) electrons. The van der Waals surface area contributed by atoms with Crippen molar-refractivity contribution in [3.8, 4) is 5.75 Å². The van der Waals surface area contributed by atoms with E-state index in [0.29, 0.717) is 24.8 Å². The van der Waals surface area contributed by atoms with Crippen LogP contribution in [-0.2, 0) is 21.2 Å². The second-order valence-electron chi connectivity index (χ2n) is 13.1. The van der Waals surface area contributed by atoms with Crippen LogP contribution in [-0.4, -0.2) is 57.7 Å². The zero-order chi connectivity index (χ0) is 37.4. The van der Waals surface area contributed by atoms with E-state index < -0.39 is 22.0 Å². The summed E-state index contributed by atoms with van der Waals surface area (Å²) in [4.78, 5) is 38.4. The largest absolute Gasteiger partial charge is 0.493 e. The summed E-state index contributed by atoms with van der Waals surface area (Å²) in [6, 6.07) is 18.8. The topological polar surface area (TPSA) is 154 Å². The summed E-state index contributed by atoms with van der Waals surface area (Å²) < 4.78 is 31.1. The number of carbonyl (C=O) groups is 3. The lowest BCUT2D eigenvalue weighted by atomic mass is 9.94. The molecule has 1 saturated heterocycles. The number of rotatable bonds is 15. The Kier molecular flexibility index (Phi) is 16.3. The molecule has 0 unspecified atom stereocenters. The highest BCUT2D eigenvalue weighted by molar-refractivity contribution is 7.90. The maximum absolute atomic E-state index is 13.1. The molecule has 4 rings (SSSR count). The van der Waals surface area contributed by atoms with Crippen molar-refractivity contribution in [1.29, 1.82) is 0 Å². The highest BCUT2D eigenvalue weighted by Gasteiger charge is 2.23. The maximum atomic E-state index is 13.1. The molecule has 1 aliphatic heterocycles. The first kappa shape index (κ1) is 40.8. The quantitative estimate of drug-likeness (QED) is 0.122. The summed E-state index contributed by atoms with van der Waals surface area (Å²) >= 11 is 0. The minimum absolute atomic E-state index is 0.0822. The summed E-state index contributed by atoms with van der Waals surface area (Å²) in [6.45, 7) is 12.9. The summed E-state index contributed by atoms with van der Waals surface area (Å²) in [7, 11) is -3.78. The fourth-order valence-electron chi connectivity index (χ4n) is 5.81. The molecule has 3 aromatic carbocycles. The number of carbonyl (C=O) groups excluding carboxylic acids is 2. The molecule has 51 heavy (non-hydrogen) atoms. The lowest BCUT2D eigenvalue weighted by Gasteiger charge is -2.33. The molecule has 0 bridgehead atoms. The number of benzene rings is 3. The second-order valence-corrected chi connectivity index (χ2v) is 14.8. The van der Waals surface area contributed by atoms with E-state index in [0.717, 1.165) is 49.0 Å². The van der Waals surface area contributed by atoms with Gasteiger partial charge in [-0.25, -0.2) is 22.7 Å². The minimum atomic E-state index is -3.78. The second kappa shape index (κ2) is 20.3. The van der Waals surface area contributed by atoms with Gasteiger partial charge in [0.05, 0.1) is 24.0 Å². The summed E-state index contributed by atoms with van der Waals surface area (Å²) in [6.07, 6.45) is 6.44. The Bertz CT molecular complexity index is 1690. The standard InChI is InChI=1S/C27H36N2O4.C12H18N2O3S/c1-4-33-25-17-20(12-13-22(25)27(31)32)18-26(30)28-23(16-19(2)3)21-10-6-7-11-24(21)29-14-8-5-9-15-29;1-3-4-9-13-12(15)14-18(16,17)11-7-5-10(2)6-8-11/h6-7,10-13,17,19,23H,4-5,8-9,14-16,18H2,1-3H3,(H,28,30)(H,31,32);5-8H,3-4,9H2,1-2H3,(H2,13,14,15)/t23-;/m0./s1. The van der Waals surface area contributed by atoms with Crippen molar-refractivity contribution >= 4 is 33.6 Å². The van der Waals surface area contributed by atoms with Gasteiger partial charge < -0.3 is 25.4 Å². The number of para-hydroxylation sites is 1. The fraction of sp³-hybridized carbons (Fsp3) is 0.462. The first-order valence-corrected chi connectivity index (χ1v) is 19.3. The van der Waals surface area contributed by atoms with Crippen molar-refractivity contribution in [3.05, 3.63) is 89.0 Å². The fourth-order valence-corrected chi connectivity index (χ4v) is 6.74. The number of aromatic carboxylic acids is 1. The van der Waals surface area contributed by atoms with Gasteiger partial charge in [-0.1, -0.05) is 69.2 Å². The van der Waals surface area contributed by atoms with Crippen molar-refractivity contribution in [3.63, 3.8) is 0 Å². The Balaban J connectivity index is 0.000000330. The Morgan fingerprint density at radius 3 is 2.25 bits per heavy atom. The van der Waals surface area contributed by atoms with E-state index in [1.54, 1.807) is 31.2 Å². The van der Waals surface area contributed by atoms with Crippen molar-refractivity contribution in [2.45, 2.75) is 90.5 Å². The third-order valence-electron chi connectivity index (χ3n) is 8.37. The zero-order valence-corrected chi connectivity index (χ0v) is 31.4. The third kappa shape index (κ3) is 13.2. The third-order valence-corrected chi connectivity index (χ3v) is 9.71. The average molecular weight is 723 g/mol. The van der Waals surface area contributed by atoms with Gasteiger partial charge in [0.1, 0.15) is 11.3 Å². The van der Waals surface area contributed by atoms with Gasteiger partial charge in [0.2, 0.25) is 5.91 Å². The number of anilines is 1. The van der Waals surface area contributed by atoms with E-state index in [-0.39, 0.29) is 28.8 Å². The van der Waals surface area contributed by atoms with Crippen LogP contribution in [0.15, 0.2) is 71.6 Å². The summed E-state index contributed by atoms with van der Waals surface area (Å²) in [5, 5.41) is 15.1. The Hall–Kier alpha value is -4.58. The van der Waals surface area contributed by atoms with Gasteiger partial charge in [-0.3, -0.25) is 4.79 Å². The lowest BCUT2D eigenvalue weighted by molar-refractivity contribution is -0.121. The Labute approximate surface area is 303 Å². The summed E-state index contributed by atoms with van der Waals surface area (Å²) in [5.74, 6) is -0.408. The average Bonchev–Trinajstić information content (AvgIpc) is 3.09. The molecule has 1 atom stereocenters. The number of piperidine rings is 1. The number of urea groups is 1. The van der Waals surface area contributed by atoms with Crippen LogP contribution in [0.3, 0.4) is 0 Å². The molecule has 0 saturated carbocycles. The van der Waals surface area contributed by atoms with E-state index >= 15 is 0 Å². The lowest BCUT2D eigenvalue weighted by Crippen LogP contribution is -2.39. The molecule has 3 aromatic rings. The smallest absolute Gasteiger partial charge is 0.339 e. The monoisotopic (exact) mass is 722 g/mol. The van der Waals surface area contributed by atoms with Crippen LogP contribution >= 0.6 is 0 Å². The predicted octanol–water partition coefficient (Wildman–Crippen LogP) is 7.00. The van der Waals surface area contributed by atoms with Crippen LogP contribution in [0, 0.1) is 12.8 Å². The first-order chi connectivity index (χ1) is 24.3. The number of carboxylic acids is 1. The number of aryl methyl sites for hydroxylation is 1. The number of hydrogen-bond donors (Lipinski definition) is 4. The minimum Gasteiger partial charge on any atom is -0.493 e. The van der Waals surface area contributed by atoms with Crippen molar-refractivity contribution < 1.29 is 32.6 Å². The molecular weight excluding hydrogens is 669 g/mol. The Morgan fingerprint density at radius 1 is 0.941 bits per heavy atom. The van der Waals surface area contributed by atoms with Crippen LogP contribution in [0.25, 0.3) is 0 Å². The molecule has 1 fully saturated rings. The van der Waals surface area contributed by atoms with Gasteiger partial charge in [-0.15, -0.1) is 0 Å². The molecule has 11 nitrogen and oxygen atoms in total. The SMILES string of the molecule is CCCCNC(=O)NS(=O)(=O)c1ccc(C)cc1.CCOc1cc(CC(=O)N[C@@H](CC(C)C)c2ccccc2N2CCCCC2)ccc1C(=O)O. The van der Waals surface area contributed by atoms with Crippen molar-refractivity contribution in [2.24, 2.45) is 5.92 Å². The molecule has 0 aromatic heterocycles. The van der Waals surface area contributed by atoms with Crippen LogP contribution in [0.5, 0.6) is 5.75 Å². The predicted molar refractivity (Wildman–Crippen MR) is 201 cm³/mol. The number of nitrogens with one attached hydrogen (secondary N) is 3. The number of nitrogens with zero attached hydrogens (tertiary/aromatic N) is 1. The molecule has 0 spiro atoms. The van der Waals surface area contributed by atoms with Gasteiger partial charge >= 0.3 is 12.0 Å². The molecule has 1 aliphatic rings. The number of ether oxygens (including phenoxy) is 1. The molecule has 4 N–H and O–H groups in total. The van der Waals surface area contributed by atoms with E-state index in [4.69, 9.17) is 4.74 Å². The molecule has 0 aliphatic carbocycles. The van der Waals surface area contributed by atoms with Gasteiger partial charge in [-0.05, 0) is 93.3 Å². The van der Waals surface area contributed by atoms with Gasteiger partial charge in [0, 0.05) is 25.3 Å². The molecular formula is C39H54N4O7S. The highest BCUT2D eigenvalue weighted by atomic mass is 32.2. The maximum Gasteiger partial charge on any atom is 0.339 e. The van der Waals surface area contributed by atoms with Crippen LogP contribution in [0.1, 0.15) is 99.3 Å². The van der Waals surface area contributed by atoms with E-state index in [2.05, 4.69) is 47.6 Å². The number of hydrogen-bond acceptors (Lipinski definition) is 7. The molecule has 278 valence electrons. The molecule has 12 heteroatoms. The normalized spacial score (nSPS) is 13.4. The van der Waals surface area contributed by atoms with Gasteiger partial charge in [-0.2, -0.15) is 0 Å². The van der Waals surface area contributed by atoms with Crippen LogP contribution < -0.4 is 25.0 Å². The van der Waals surface area contributed by atoms with E-state index in [9.17, 15) is 27.9 Å². The molecule has 3 amide bonds. The first-order valence-electron chi connectivity index (χ1n) is 17.8. The number of carboxylic acid groups (broad SMARTS) is 1. The van der Waals surface area contributed by atoms with E-state index in [1.807, 2.05) is 24.6 Å². The van der Waals surface area contributed by atoms with Crippen molar-refractivity contribution in [2.75, 3.05) is 31.1 Å². The van der Waals surface area contributed by atoms with Crippen molar-refractivity contribution in [1.82, 2.24) is 15.4 Å². The zero-order valence-electron chi connectivity index (χ0n) is 30.5. The van der Waals surface area contributed by atoms with E-state index in [1.165, 1.54) is 43.1 Å². The van der Waals surface area contributed by atoms with Gasteiger partial charge in [0.25, 0.3) is 10.0 Å². The van der Waals surface area contributed by atoms with Crippen LogP contribution in [0.4, 0.5) is 10.5 Å². The Morgan fingerprint density at radius 2 is 1.63 bits per heavy atom. The number of amides is 3. The highest BCUT2D eigenvalue weighted by Crippen LogP contribution is 2.32. The number of unbranched alkanes of at least 4 members (excludes halogenated alkanes) is 1. The summed E-state index contributed by atoms with van der Waals surface area (Å²) in [5.41, 5.74) is 4.18.